The zero-order valence-corrected chi connectivity index (χ0v) is 17.3. The van der Waals surface area contributed by atoms with Crippen LogP contribution in [-0.4, -0.2) is 37.7 Å². The molecule has 0 aliphatic heterocycles. The Morgan fingerprint density at radius 1 is 1.11 bits per heavy atom. The van der Waals surface area contributed by atoms with Crippen molar-refractivity contribution in [2.24, 2.45) is 0 Å². The normalized spacial score (nSPS) is 10.5. The average Bonchev–Trinajstić information content (AvgIpc) is 2.97. The van der Waals surface area contributed by atoms with Crippen molar-refractivity contribution in [1.29, 1.82) is 0 Å². The number of ether oxygens (including phenoxy) is 3. The van der Waals surface area contributed by atoms with Crippen LogP contribution >= 0.6 is 11.3 Å². The third-order valence-corrected chi connectivity index (χ3v) is 4.90. The van der Waals surface area contributed by atoms with Gasteiger partial charge in [0, 0.05) is 5.56 Å². The minimum Gasteiger partial charge on any atom is -0.491 e. The van der Waals surface area contributed by atoms with E-state index in [1.807, 2.05) is 13.8 Å². The maximum Gasteiger partial charge on any atom is 0.348 e. The van der Waals surface area contributed by atoms with Gasteiger partial charge < -0.3 is 19.5 Å². The molecule has 0 radical (unpaired) electrons. The van der Waals surface area contributed by atoms with Crippen molar-refractivity contribution in [2.45, 2.75) is 33.8 Å². The zero-order chi connectivity index (χ0) is 20.8. The van der Waals surface area contributed by atoms with Crippen molar-refractivity contribution in [3.8, 4) is 5.75 Å². The summed E-state index contributed by atoms with van der Waals surface area (Å²) in [4.78, 5) is 37.2. The van der Waals surface area contributed by atoms with Gasteiger partial charge >= 0.3 is 11.9 Å². The summed E-state index contributed by atoms with van der Waals surface area (Å²) in [6, 6.07) is 6.64. The summed E-state index contributed by atoms with van der Waals surface area (Å²) in [5, 5.41) is 2.94. The SMILES string of the molecule is CCOC(=O)c1c(NC(=O)c2ccc(OC(C)C)cc2)sc(C(=O)OC)c1C. The predicted octanol–water partition coefficient (Wildman–Crippen LogP) is 4.06. The summed E-state index contributed by atoms with van der Waals surface area (Å²) in [5.74, 6) is -0.955. The Labute approximate surface area is 167 Å². The van der Waals surface area contributed by atoms with Gasteiger partial charge in [-0.2, -0.15) is 0 Å². The van der Waals surface area contributed by atoms with Crippen LogP contribution in [-0.2, 0) is 9.47 Å². The smallest absolute Gasteiger partial charge is 0.348 e. The van der Waals surface area contributed by atoms with Crippen molar-refractivity contribution in [3.63, 3.8) is 0 Å². The third-order valence-electron chi connectivity index (χ3n) is 3.71. The fourth-order valence-corrected chi connectivity index (χ4v) is 3.58. The fraction of sp³-hybridized carbons (Fsp3) is 0.350. The summed E-state index contributed by atoms with van der Waals surface area (Å²) in [6.45, 7) is 7.29. The van der Waals surface area contributed by atoms with Gasteiger partial charge in [-0.1, -0.05) is 0 Å². The number of methoxy groups -OCH3 is 1. The lowest BCUT2D eigenvalue weighted by molar-refractivity contribution is 0.0527. The molecule has 0 fully saturated rings. The van der Waals surface area contributed by atoms with Gasteiger partial charge in [-0.25, -0.2) is 9.59 Å². The number of anilines is 1. The number of esters is 2. The first-order valence-corrected chi connectivity index (χ1v) is 9.57. The Bertz CT molecular complexity index is 870. The monoisotopic (exact) mass is 405 g/mol. The summed E-state index contributed by atoms with van der Waals surface area (Å²) in [7, 11) is 1.25. The topological polar surface area (TPSA) is 90.9 Å². The summed E-state index contributed by atoms with van der Waals surface area (Å²) >= 11 is 0.976. The van der Waals surface area contributed by atoms with Crippen LogP contribution in [0.25, 0.3) is 0 Å². The van der Waals surface area contributed by atoms with Crippen molar-refractivity contribution < 1.29 is 28.6 Å². The maximum atomic E-state index is 12.6. The molecule has 0 spiro atoms. The minimum absolute atomic E-state index is 0.0256. The van der Waals surface area contributed by atoms with Crippen molar-refractivity contribution in [3.05, 3.63) is 45.8 Å². The Balaban J connectivity index is 2.32. The molecule has 2 aromatic rings. The van der Waals surface area contributed by atoms with Crippen LogP contribution in [0.3, 0.4) is 0 Å². The van der Waals surface area contributed by atoms with E-state index in [1.165, 1.54) is 7.11 Å². The molecular weight excluding hydrogens is 382 g/mol. The van der Waals surface area contributed by atoms with Crippen LogP contribution in [0.4, 0.5) is 5.00 Å². The second-order valence-corrected chi connectivity index (χ2v) is 7.14. The zero-order valence-electron chi connectivity index (χ0n) is 16.5. The van der Waals surface area contributed by atoms with Gasteiger partial charge in [0.15, 0.2) is 0 Å². The van der Waals surface area contributed by atoms with E-state index in [0.717, 1.165) is 11.3 Å². The van der Waals surface area contributed by atoms with Gasteiger partial charge in [0.25, 0.3) is 5.91 Å². The number of rotatable bonds is 7. The molecule has 1 heterocycles. The van der Waals surface area contributed by atoms with Gasteiger partial charge in [0.2, 0.25) is 0 Å². The second-order valence-electron chi connectivity index (χ2n) is 6.12. The molecule has 1 aromatic carbocycles. The minimum atomic E-state index is -0.609. The highest BCUT2D eigenvalue weighted by Crippen LogP contribution is 2.34. The molecule has 0 atom stereocenters. The first-order chi connectivity index (χ1) is 13.3. The molecule has 0 unspecified atom stereocenters. The Morgan fingerprint density at radius 2 is 1.75 bits per heavy atom. The number of hydrogen-bond acceptors (Lipinski definition) is 7. The molecule has 1 aromatic heterocycles. The lowest BCUT2D eigenvalue weighted by Crippen LogP contribution is -2.15. The quantitative estimate of drug-likeness (QED) is 0.699. The van der Waals surface area contributed by atoms with Crippen LogP contribution in [0.5, 0.6) is 5.75 Å². The Hall–Kier alpha value is -2.87. The molecule has 0 saturated heterocycles. The summed E-state index contributed by atoms with van der Waals surface area (Å²) < 4.78 is 15.4. The van der Waals surface area contributed by atoms with Gasteiger partial charge in [-0.05, 0) is 57.5 Å². The van der Waals surface area contributed by atoms with Crippen LogP contribution in [0, 0.1) is 6.92 Å². The van der Waals surface area contributed by atoms with E-state index < -0.39 is 17.8 Å². The highest BCUT2D eigenvalue weighted by atomic mass is 32.1. The number of carbonyl (C=O) groups excluding carboxylic acids is 3. The highest BCUT2D eigenvalue weighted by molar-refractivity contribution is 7.18. The third kappa shape index (κ3) is 4.89. The Morgan fingerprint density at radius 3 is 2.29 bits per heavy atom. The highest BCUT2D eigenvalue weighted by Gasteiger charge is 2.27. The van der Waals surface area contributed by atoms with E-state index in [0.29, 0.717) is 16.9 Å². The van der Waals surface area contributed by atoms with E-state index in [1.54, 1.807) is 38.1 Å². The molecule has 150 valence electrons. The lowest BCUT2D eigenvalue weighted by atomic mass is 10.1. The molecule has 1 amide bonds. The number of hydrogen-bond donors (Lipinski definition) is 1. The van der Waals surface area contributed by atoms with E-state index in [4.69, 9.17) is 14.2 Å². The number of nitrogens with one attached hydrogen (secondary N) is 1. The number of benzene rings is 1. The van der Waals surface area contributed by atoms with Crippen LogP contribution in [0.2, 0.25) is 0 Å². The van der Waals surface area contributed by atoms with Gasteiger partial charge in [-0.3, -0.25) is 4.79 Å². The predicted molar refractivity (Wildman–Crippen MR) is 107 cm³/mol. The van der Waals surface area contributed by atoms with Crippen LogP contribution in [0.1, 0.15) is 56.7 Å². The molecule has 0 bridgehead atoms. The van der Waals surface area contributed by atoms with E-state index in [-0.39, 0.29) is 28.2 Å². The lowest BCUT2D eigenvalue weighted by Gasteiger charge is -2.10. The van der Waals surface area contributed by atoms with Gasteiger partial charge in [-0.15, -0.1) is 11.3 Å². The number of carbonyl (C=O) groups is 3. The molecular formula is C20H23NO6S. The first kappa shape index (κ1) is 21.4. The largest absolute Gasteiger partial charge is 0.491 e. The fourth-order valence-electron chi connectivity index (χ4n) is 2.47. The molecule has 0 aliphatic carbocycles. The summed E-state index contributed by atoms with van der Waals surface area (Å²) in [6.07, 6.45) is 0.0256. The molecule has 0 aliphatic rings. The van der Waals surface area contributed by atoms with E-state index >= 15 is 0 Å². The van der Waals surface area contributed by atoms with Crippen LogP contribution < -0.4 is 10.1 Å². The maximum absolute atomic E-state index is 12.6. The average molecular weight is 405 g/mol. The molecule has 8 heteroatoms. The molecule has 1 N–H and O–H groups in total. The molecule has 7 nitrogen and oxygen atoms in total. The van der Waals surface area contributed by atoms with E-state index in [9.17, 15) is 14.4 Å². The van der Waals surface area contributed by atoms with Gasteiger partial charge in [0.05, 0.1) is 25.4 Å². The summed E-state index contributed by atoms with van der Waals surface area (Å²) in [5.41, 5.74) is 0.947. The molecule has 2 rings (SSSR count). The molecule has 28 heavy (non-hydrogen) atoms. The van der Waals surface area contributed by atoms with Crippen molar-refractivity contribution in [2.75, 3.05) is 19.0 Å². The van der Waals surface area contributed by atoms with E-state index in [2.05, 4.69) is 5.32 Å². The second kappa shape index (κ2) is 9.36. The van der Waals surface area contributed by atoms with Crippen LogP contribution in [0.15, 0.2) is 24.3 Å². The van der Waals surface area contributed by atoms with Crippen molar-refractivity contribution in [1.82, 2.24) is 0 Å². The number of amides is 1. The standard InChI is InChI=1S/C20H23NO6S/c1-6-26-19(23)15-12(4)16(20(24)25-5)28-18(15)21-17(22)13-7-9-14(10-8-13)27-11(2)3/h7-11H,6H2,1-5H3,(H,21,22). The molecule has 0 saturated carbocycles. The number of thiophene rings is 1. The Kier molecular flexibility index (Phi) is 7.17. The van der Waals surface area contributed by atoms with Gasteiger partial charge in [0.1, 0.15) is 15.6 Å². The first-order valence-electron chi connectivity index (χ1n) is 8.75. The van der Waals surface area contributed by atoms with Crippen molar-refractivity contribution >= 4 is 34.2 Å².